The fraction of sp³-hybridized carbons (Fsp3) is 0.800. The first-order chi connectivity index (χ1) is 18.4. The quantitative estimate of drug-likeness (QED) is 0.316. The van der Waals surface area contributed by atoms with Gasteiger partial charge in [0.2, 0.25) is 17.7 Å². The summed E-state index contributed by atoms with van der Waals surface area (Å²) in [7, 11) is 3.70. The first-order valence-electron chi connectivity index (χ1n) is 14.9. The molecule has 0 bridgehead atoms. The minimum atomic E-state index is -0.660. The van der Waals surface area contributed by atoms with Gasteiger partial charge in [-0.05, 0) is 76.8 Å². The molecule has 39 heavy (non-hydrogen) atoms. The molecule has 2 saturated heterocycles. The Kier molecular flexibility index (Phi) is 11.0. The molecule has 3 unspecified atom stereocenters. The number of carbonyl (C=O) groups is 4. The fourth-order valence-corrected chi connectivity index (χ4v) is 5.68. The standard InChI is InChI=1S/C30H50N4O5/c1-19(2)25(17-21(5)28(36)34-16-10-12-24(34)30(38)39-18-22-13-14-22)33(7)29(37)26(20(3)4)31-27(35)23-11-8-9-15-32(23)6/h17,19-20,22-26H,8-16,18H2,1-7H3,(H,31,35)/b21-17+/t23?,24?,25-,26?/m1/s1. The van der Waals surface area contributed by atoms with E-state index in [-0.39, 0.29) is 47.6 Å². The van der Waals surface area contributed by atoms with E-state index in [1.165, 1.54) is 0 Å². The lowest BCUT2D eigenvalue weighted by Gasteiger charge is -2.36. The van der Waals surface area contributed by atoms with Gasteiger partial charge in [0.05, 0.1) is 18.7 Å². The molecule has 220 valence electrons. The van der Waals surface area contributed by atoms with E-state index in [0.717, 1.165) is 45.1 Å². The van der Waals surface area contributed by atoms with E-state index in [4.69, 9.17) is 4.74 Å². The van der Waals surface area contributed by atoms with Crippen LogP contribution in [0.4, 0.5) is 0 Å². The molecule has 0 spiro atoms. The maximum Gasteiger partial charge on any atom is 0.328 e. The van der Waals surface area contributed by atoms with Gasteiger partial charge in [-0.3, -0.25) is 19.3 Å². The number of piperidine rings is 1. The van der Waals surface area contributed by atoms with E-state index < -0.39 is 12.1 Å². The van der Waals surface area contributed by atoms with Crippen LogP contribution in [0.25, 0.3) is 0 Å². The Hall–Kier alpha value is -2.42. The van der Waals surface area contributed by atoms with Crippen molar-refractivity contribution in [3.8, 4) is 0 Å². The smallest absolute Gasteiger partial charge is 0.328 e. The number of nitrogens with zero attached hydrogens (tertiary/aromatic N) is 3. The van der Waals surface area contributed by atoms with Gasteiger partial charge in [-0.1, -0.05) is 40.2 Å². The predicted molar refractivity (Wildman–Crippen MR) is 151 cm³/mol. The summed E-state index contributed by atoms with van der Waals surface area (Å²) in [5.74, 6) is -0.362. The number of ether oxygens (including phenoxy) is 1. The van der Waals surface area contributed by atoms with Crippen molar-refractivity contribution in [2.45, 2.75) is 104 Å². The molecule has 0 aromatic rings. The second-order valence-corrected chi connectivity index (χ2v) is 12.5. The third kappa shape index (κ3) is 8.05. The molecule has 4 atom stereocenters. The fourth-order valence-electron chi connectivity index (χ4n) is 5.68. The predicted octanol–water partition coefficient (Wildman–Crippen LogP) is 2.99. The van der Waals surface area contributed by atoms with Crippen LogP contribution >= 0.6 is 0 Å². The number of nitrogens with one attached hydrogen (secondary N) is 1. The minimum absolute atomic E-state index is 0.0348. The maximum absolute atomic E-state index is 13.7. The molecule has 2 heterocycles. The largest absolute Gasteiger partial charge is 0.464 e. The average molecular weight is 547 g/mol. The molecule has 3 aliphatic rings. The zero-order valence-corrected chi connectivity index (χ0v) is 25.1. The second-order valence-electron chi connectivity index (χ2n) is 12.5. The molecule has 0 aromatic carbocycles. The van der Waals surface area contributed by atoms with Crippen LogP contribution < -0.4 is 5.32 Å². The molecule has 3 amide bonds. The molecular weight excluding hydrogens is 496 g/mol. The summed E-state index contributed by atoms with van der Waals surface area (Å²) < 4.78 is 5.49. The van der Waals surface area contributed by atoms with Crippen LogP contribution in [0.15, 0.2) is 11.6 Å². The molecule has 0 aromatic heterocycles. The Bertz CT molecular complexity index is 928. The van der Waals surface area contributed by atoms with E-state index in [1.54, 1.807) is 23.8 Å². The Labute approximate surface area is 234 Å². The molecule has 3 fully saturated rings. The second kappa shape index (κ2) is 13.8. The maximum atomic E-state index is 13.7. The van der Waals surface area contributed by atoms with Gasteiger partial charge in [0.25, 0.3) is 0 Å². The lowest BCUT2D eigenvalue weighted by molar-refractivity contribution is -0.152. The van der Waals surface area contributed by atoms with Crippen LogP contribution in [0.3, 0.4) is 0 Å². The highest BCUT2D eigenvalue weighted by molar-refractivity contribution is 5.96. The lowest BCUT2D eigenvalue weighted by Crippen LogP contribution is -2.57. The van der Waals surface area contributed by atoms with Crippen molar-refractivity contribution < 1.29 is 23.9 Å². The van der Waals surface area contributed by atoms with Crippen LogP contribution in [-0.2, 0) is 23.9 Å². The third-order valence-electron chi connectivity index (χ3n) is 8.48. The topological polar surface area (TPSA) is 99.3 Å². The number of likely N-dealkylation sites (tertiary alicyclic amines) is 2. The van der Waals surface area contributed by atoms with E-state index in [1.807, 2.05) is 40.8 Å². The number of carbonyl (C=O) groups excluding carboxylic acids is 4. The van der Waals surface area contributed by atoms with Crippen LogP contribution in [-0.4, -0.2) is 96.3 Å². The molecule has 3 rings (SSSR count). The SMILES string of the molecule is C/C(=C\[C@H](C(C)C)N(C)C(=O)C(NC(=O)C1CCCCN1C)C(C)C)C(=O)N1CCCC1C(=O)OCC1CC1. The van der Waals surface area contributed by atoms with Gasteiger partial charge in [0, 0.05) is 19.2 Å². The van der Waals surface area contributed by atoms with Gasteiger partial charge >= 0.3 is 5.97 Å². The molecule has 1 aliphatic carbocycles. The number of rotatable bonds is 11. The van der Waals surface area contributed by atoms with Crippen molar-refractivity contribution in [1.82, 2.24) is 20.0 Å². The van der Waals surface area contributed by atoms with E-state index >= 15 is 0 Å². The highest BCUT2D eigenvalue weighted by Gasteiger charge is 2.38. The Morgan fingerprint density at radius 3 is 2.21 bits per heavy atom. The monoisotopic (exact) mass is 546 g/mol. The number of amides is 3. The zero-order valence-electron chi connectivity index (χ0n) is 25.1. The number of hydrogen-bond donors (Lipinski definition) is 1. The Balaban J connectivity index is 1.70. The van der Waals surface area contributed by atoms with Crippen LogP contribution in [0.5, 0.6) is 0 Å². The molecule has 9 nitrogen and oxygen atoms in total. The molecule has 1 N–H and O–H groups in total. The van der Waals surface area contributed by atoms with E-state index in [9.17, 15) is 19.2 Å². The normalized spacial score (nSPS) is 24.0. The zero-order chi connectivity index (χ0) is 28.9. The molecule has 9 heteroatoms. The summed E-state index contributed by atoms with van der Waals surface area (Å²) in [6.07, 6.45) is 8.29. The first kappa shape index (κ1) is 31.1. The molecule has 2 aliphatic heterocycles. The molecule has 0 radical (unpaired) electrons. The summed E-state index contributed by atoms with van der Waals surface area (Å²) in [5, 5.41) is 3.04. The van der Waals surface area contributed by atoms with Crippen LogP contribution in [0.1, 0.15) is 79.6 Å². The van der Waals surface area contributed by atoms with Gasteiger partial charge in [-0.25, -0.2) is 4.79 Å². The van der Waals surface area contributed by atoms with Crippen molar-refractivity contribution in [3.05, 3.63) is 11.6 Å². The number of hydrogen-bond acceptors (Lipinski definition) is 6. The summed E-state index contributed by atoms with van der Waals surface area (Å²) >= 11 is 0. The summed E-state index contributed by atoms with van der Waals surface area (Å²) in [6.45, 7) is 11.5. The van der Waals surface area contributed by atoms with Gasteiger partial charge in [0.15, 0.2) is 0 Å². The summed E-state index contributed by atoms with van der Waals surface area (Å²) in [6, 6.07) is -1.77. The first-order valence-corrected chi connectivity index (χ1v) is 14.9. The van der Waals surface area contributed by atoms with Crippen molar-refractivity contribution >= 4 is 23.7 Å². The highest BCUT2D eigenvalue weighted by Crippen LogP contribution is 2.30. The van der Waals surface area contributed by atoms with Gasteiger partial charge in [-0.15, -0.1) is 0 Å². The van der Waals surface area contributed by atoms with Gasteiger partial charge < -0.3 is 19.9 Å². The average Bonchev–Trinajstić information content (AvgIpc) is 3.60. The van der Waals surface area contributed by atoms with Gasteiger partial charge in [-0.2, -0.15) is 0 Å². The van der Waals surface area contributed by atoms with Crippen molar-refractivity contribution in [2.24, 2.45) is 17.8 Å². The minimum Gasteiger partial charge on any atom is -0.464 e. The van der Waals surface area contributed by atoms with Crippen molar-refractivity contribution in [1.29, 1.82) is 0 Å². The molecular formula is C30H50N4O5. The van der Waals surface area contributed by atoms with Crippen LogP contribution in [0.2, 0.25) is 0 Å². The number of esters is 1. The lowest BCUT2D eigenvalue weighted by atomic mass is 9.96. The van der Waals surface area contributed by atoms with E-state index in [0.29, 0.717) is 31.1 Å². The number of likely N-dealkylation sites (N-methyl/N-ethyl adjacent to an activating group) is 2. The Morgan fingerprint density at radius 1 is 0.949 bits per heavy atom. The van der Waals surface area contributed by atoms with E-state index in [2.05, 4.69) is 10.2 Å². The highest BCUT2D eigenvalue weighted by atomic mass is 16.5. The summed E-state index contributed by atoms with van der Waals surface area (Å²) in [4.78, 5) is 58.3. The summed E-state index contributed by atoms with van der Waals surface area (Å²) in [5.41, 5.74) is 0.504. The Morgan fingerprint density at radius 2 is 1.62 bits per heavy atom. The van der Waals surface area contributed by atoms with Crippen LogP contribution in [0, 0.1) is 17.8 Å². The molecule has 1 saturated carbocycles. The van der Waals surface area contributed by atoms with Gasteiger partial charge in [0.1, 0.15) is 12.1 Å². The third-order valence-corrected chi connectivity index (χ3v) is 8.48. The van der Waals surface area contributed by atoms with Crippen molar-refractivity contribution in [2.75, 3.05) is 33.8 Å². The van der Waals surface area contributed by atoms with Crippen molar-refractivity contribution in [3.63, 3.8) is 0 Å².